The lowest BCUT2D eigenvalue weighted by Crippen LogP contribution is -2.36. The van der Waals surface area contributed by atoms with Gasteiger partial charge >= 0.3 is 0 Å². The van der Waals surface area contributed by atoms with Gasteiger partial charge in [0.05, 0.1) is 13.0 Å². The van der Waals surface area contributed by atoms with Gasteiger partial charge in [-0.05, 0) is 12.1 Å². The molecule has 0 unspecified atom stereocenters. The maximum atomic E-state index is 13.1. The number of amides is 1. The van der Waals surface area contributed by atoms with Gasteiger partial charge in [-0.1, -0.05) is 0 Å². The number of rotatable bonds is 5. The average molecular weight is 244 g/mol. The van der Waals surface area contributed by atoms with E-state index in [0.717, 1.165) is 12.1 Å². The van der Waals surface area contributed by atoms with E-state index < -0.39 is 11.6 Å². The number of hydrogen-bond acceptors (Lipinski definition) is 3. The highest BCUT2D eigenvalue weighted by atomic mass is 19.1. The Morgan fingerprint density at radius 2 is 2.12 bits per heavy atom. The third-order valence-corrected chi connectivity index (χ3v) is 1.83. The number of hydrogen-bond donors (Lipinski definition) is 1. The first-order valence-electron chi connectivity index (χ1n) is 5.03. The summed E-state index contributed by atoms with van der Waals surface area (Å²) in [6.45, 7) is 0.0300. The molecule has 4 nitrogen and oxygen atoms in total. The van der Waals surface area contributed by atoms with E-state index in [1.165, 1.54) is 11.1 Å². The Balaban J connectivity index is 2.38. The van der Waals surface area contributed by atoms with Crippen LogP contribution in [0.1, 0.15) is 6.42 Å². The van der Waals surface area contributed by atoms with Crippen LogP contribution in [0.4, 0.5) is 8.78 Å². The number of carbonyl (C=O) groups is 1. The van der Waals surface area contributed by atoms with Crippen molar-refractivity contribution < 1.29 is 18.3 Å². The molecule has 0 heterocycles. The average Bonchev–Trinajstić information content (AvgIpc) is 2.20. The molecule has 0 atom stereocenters. The Morgan fingerprint density at radius 1 is 1.41 bits per heavy atom. The van der Waals surface area contributed by atoms with E-state index in [-0.39, 0.29) is 24.7 Å². The Hall–Kier alpha value is -1.69. The molecule has 0 aliphatic heterocycles. The van der Waals surface area contributed by atoms with Crippen LogP contribution in [0, 0.1) is 11.6 Å². The summed E-state index contributed by atoms with van der Waals surface area (Å²) < 4.78 is 30.7. The first-order valence-corrected chi connectivity index (χ1v) is 5.03. The van der Waals surface area contributed by atoms with Crippen LogP contribution in [0.25, 0.3) is 0 Å². The predicted molar refractivity (Wildman–Crippen MR) is 58.3 cm³/mol. The lowest BCUT2D eigenvalue weighted by Gasteiger charge is -2.12. The van der Waals surface area contributed by atoms with Crippen molar-refractivity contribution in [3.63, 3.8) is 0 Å². The van der Waals surface area contributed by atoms with Gasteiger partial charge < -0.3 is 4.74 Å². The van der Waals surface area contributed by atoms with Crippen LogP contribution in [0.5, 0.6) is 5.75 Å². The molecule has 6 heteroatoms. The zero-order valence-electron chi connectivity index (χ0n) is 9.67. The van der Waals surface area contributed by atoms with Gasteiger partial charge in [0.25, 0.3) is 0 Å². The van der Waals surface area contributed by atoms with Gasteiger partial charge in [0.15, 0.2) is 11.6 Å². The van der Waals surface area contributed by atoms with Crippen LogP contribution in [0.2, 0.25) is 0 Å². The lowest BCUT2D eigenvalue weighted by atomic mass is 10.3. The molecule has 17 heavy (non-hydrogen) atoms. The van der Waals surface area contributed by atoms with Crippen LogP contribution < -0.4 is 10.2 Å². The highest BCUT2D eigenvalue weighted by Crippen LogP contribution is 2.17. The largest absolute Gasteiger partial charge is 0.490 e. The summed E-state index contributed by atoms with van der Waals surface area (Å²) in [5, 5.41) is 1.50. The zero-order valence-corrected chi connectivity index (χ0v) is 9.67. The van der Waals surface area contributed by atoms with Crippen molar-refractivity contribution in [1.29, 1.82) is 0 Å². The molecule has 0 saturated heterocycles. The summed E-state index contributed by atoms with van der Waals surface area (Å²) in [5.74, 6) is -1.75. The third-order valence-electron chi connectivity index (χ3n) is 1.83. The fourth-order valence-electron chi connectivity index (χ4n) is 1.15. The van der Waals surface area contributed by atoms with E-state index in [1.54, 1.807) is 14.1 Å². The normalized spacial score (nSPS) is 10.4. The second-order valence-electron chi connectivity index (χ2n) is 3.60. The van der Waals surface area contributed by atoms with Crippen LogP contribution in [-0.2, 0) is 4.79 Å². The summed E-state index contributed by atoms with van der Waals surface area (Å²) in [6.07, 6.45) is 0.0923. The van der Waals surface area contributed by atoms with E-state index in [4.69, 9.17) is 4.74 Å². The maximum absolute atomic E-state index is 13.1. The second-order valence-corrected chi connectivity index (χ2v) is 3.60. The lowest BCUT2D eigenvalue weighted by molar-refractivity contribution is -0.125. The topological polar surface area (TPSA) is 41.6 Å². The van der Waals surface area contributed by atoms with Crippen molar-refractivity contribution in [3.8, 4) is 5.75 Å². The van der Waals surface area contributed by atoms with Crippen LogP contribution >= 0.6 is 0 Å². The third kappa shape index (κ3) is 4.78. The zero-order chi connectivity index (χ0) is 12.8. The molecule has 0 spiro atoms. The SMILES string of the molecule is CN(C)NC(=O)CCOc1ccc(F)cc1F. The van der Waals surface area contributed by atoms with Gasteiger partial charge in [-0.15, -0.1) is 0 Å². The minimum Gasteiger partial charge on any atom is -0.490 e. The molecule has 1 aromatic carbocycles. The molecule has 0 aliphatic carbocycles. The molecular formula is C11H14F2N2O2. The van der Waals surface area contributed by atoms with Gasteiger partial charge in [0.1, 0.15) is 5.82 Å². The quantitative estimate of drug-likeness (QED) is 0.794. The molecular weight excluding hydrogens is 230 g/mol. The highest BCUT2D eigenvalue weighted by Gasteiger charge is 2.06. The van der Waals surface area contributed by atoms with E-state index in [1.807, 2.05) is 0 Å². The highest BCUT2D eigenvalue weighted by molar-refractivity contribution is 5.75. The minimum atomic E-state index is -0.780. The molecule has 1 aromatic rings. The number of carbonyl (C=O) groups excluding carboxylic acids is 1. The first kappa shape index (κ1) is 13.4. The smallest absolute Gasteiger partial charge is 0.237 e. The van der Waals surface area contributed by atoms with E-state index in [9.17, 15) is 13.6 Å². The van der Waals surface area contributed by atoms with Crippen molar-refractivity contribution in [1.82, 2.24) is 10.4 Å². The minimum absolute atomic E-state index is 0.0300. The molecule has 0 aromatic heterocycles. The van der Waals surface area contributed by atoms with Crippen LogP contribution in [0.3, 0.4) is 0 Å². The summed E-state index contributed by atoms with van der Waals surface area (Å²) in [5.41, 5.74) is 2.51. The number of benzene rings is 1. The molecule has 0 aliphatic rings. The number of ether oxygens (including phenoxy) is 1. The van der Waals surface area contributed by atoms with Crippen molar-refractivity contribution in [2.45, 2.75) is 6.42 Å². The molecule has 94 valence electrons. The Bertz CT molecular complexity index is 397. The van der Waals surface area contributed by atoms with Crippen molar-refractivity contribution in [3.05, 3.63) is 29.8 Å². The predicted octanol–water partition coefficient (Wildman–Crippen LogP) is 1.33. The maximum Gasteiger partial charge on any atom is 0.237 e. The van der Waals surface area contributed by atoms with E-state index >= 15 is 0 Å². The summed E-state index contributed by atoms with van der Waals surface area (Å²) >= 11 is 0. The van der Waals surface area contributed by atoms with Crippen LogP contribution in [-0.4, -0.2) is 31.6 Å². The number of nitrogens with one attached hydrogen (secondary N) is 1. The Labute approximate surface area is 98.1 Å². The van der Waals surface area contributed by atoms with Gasteiger partial charge in [0.2, 0.25) is 5.91 Å². The van der Waals surface area contributed by atoms with Crippen molar-refractivity contribution >= 4 is 5.91 Å². The number of nitrogens with zero attached hydrogens (tertiary/aromatic N) is 1. The number of halogens is 2. The first-order chi connectivity index (χ1) is 7.99. The molecule has 0 bridgehead atoms. The molecule has 0 fully saturated rings. The molecule has 1 amide bonds. The molecule has 0 radical (unpaired) electrons. The molecule has 1 rings (SSSR count). The standard InChI is InChI=1S/C11H14F2N2O2/c1-15(2)14-11(16)5-6-17-10-4-3-8(12)7-9(10)13/h3-4,7H,5-6H2,1-2H3,(H,14,16). The second kappa shape index (κ2) is 6.15. The van der Waals surface area contributed by atoms with E-state index in [2.05, 4.69) is 5.43 Å². The summed E-state index contributed by atoms with van der Waals surface area (Å²) in [7, 11) is 3.36. The summed E-state index contributed by atoms with van der Waals surface area (Å²) in [6, 6.07) is 3.02. The fraction of sp³-hybridized carbons (Fsp3) is 0.364. The summed E-state index contributed by atoms with van der Waals surface area (Å²) in [4.78, 5) is 11.2. The number of hydrazine groups is 1. The van der Waals surface area contributed by atoms with E-state index in [0.29, 0.717) is 0 Å². The monoisotopic (exact) mass is 244 g/mol. The van der Waals surface area contributed by atoms with Gasteiger partial charge in [-0.25, -0.2) is 13.8 Å². The molecule has 1 N–H and O–H groups in total. The fourth-order valence-corrected chi connectivity index (χ4v) is 1.15. The van der Waals surface area contributed by atoms with Crippen molar-refractivity contribution in [2.24, 2.45) is 0 Å². The Kier molecular flexibility index (Phi) is 4.84. The van der Waals surface area contributed by atoms with Crippen LogP contribution in [0.15, 0.2) is 18.2 Å². The van der Waals surface area contributed by atoms with Gasteiger partial charge in [-0.2, -0.15) is 0 Å². The van der Waals surface area contributed by atoms with Gasteiger partial charge in [0, 0.05) is 20.2 Å². The molecule has 0 saturated carbocycles. The van der Waals surface area contributed by atoms with Crippen molar-refractivity contribution in [2.75, 3.05) is 20.7 Å². The van der Waals surface area contributed by atoms with Gasteiger partial charge in [-0.3, -0.25) is 10.2 Å². The Morgan fingerprint density at radius 3 is 2.71 bits per heavy atom.